The van der Waals surface area contributed by atoms with Crippen molar-refractivity contribution in [2.45, 2.75) is 83.6 Å². The van der Waals surface area contributed by atoms with Crippen LogP contribution in [-0.2, 0) is 9.47 Å². The molecule has 0 aliphatic carbocycles. The summed E-state index contributed by atoms with van der Waals surface area (Å²) < 4.78 is 36.8. The van der Waals surface area contributed by atoms with Crippen LogP contribution in [0.2, 0.25) is 5.02 Å². The second-order valence-corrected chi connectivity index (χ2v) is 11.9. The van der Waals surface area contributed by atoms with Crippen LogP contribution in [0, 0.1) is 0 Å². The van der Waals surface area contributed by atoms with E-state index in [1.54, 1.807) is 31.4 Å². The summed E-state index contributed by atoms with van der Waals surface area (Å²) in [4.78, 5) is 16.7. The number of alkyl halides is 2. The third-order valence-corrected chi connectivity index (χ3v) is 7.14. The van der Waals surface area contributed by atoms with Gasteiger partial charge in [0.05, 0.1) is 44.3 Å². The minimum absolute atomic E-state index is 0.0644. The Kier molecular flexibility index (Phi) is 15.7. The van der Waals surface area contributed by atoms with E-state index in [9.17, 15) is 13.6 Å². The number of methoxy groups -OCH3 is 1. The number of nitrogens with one attached hydrogen (secondary N) is 1. The summed E-state index contributed by atoms with van der Waals surface area (Å²) in [6.45, 7) is 9.04. The first kappa shape index (κ1) is 35.9. The number of aromatic nitrogens is 1. The number of unbranched alkanes of at least 4 members (excludes halogenated alkanes) is 7. The number of hydrogen-bond acceptors (Lipinski definition) is 6. The standard InChI is InChI=1S/C17H37NO2.C15H11ClF2N2O2/c1-5-6-7-8-9-10-11-12-13-18-17(2,3)16-20-15-14-19-4;16-10-3-1-2-9(6-10)13-12(20-7-15(17,18)8-20)5-4-11(19-13)14(21)22/h18H,5-16H2,1-4H3;1-6H,7-8H2,(H,21,22). The maximum atomic E-state index is 13.1. The molecule has 3 rings (SSSR count). The number of pyridine rings is 1. The van der Waals surface area contributed by atoms with E-state index in [0.29, 0.717) is 35.2 Å². The van der Waals surface area contributed by atoms with Crippen LogP contribution < -0.4 is 10.2 Å². The number of benzene rings is 1. The summed E-state index contributed by atoms with van der Waals surface area (Å²) in [6, 6.07) is 9.51. The van der Waals surface area contributed by atoms with Crippen molar-refractivity contribution >= 4 is 23.3 Å². The lowest BCUT2D eigenvalue weighted by molar-refractivity contribution is -0.0262. The quantitative estimate of drug-likeness (QED) is 0.167. The average molecular weight is 612 g/mol. The molecule has 0 amide bonds. The Bertz CT molecular complexity index is 1080. The lowest BCUT2D eigenvalue weighted by atomic mass is 10.0. The fourth-order valence-electron chi connectivity index (χ4n) is 4.56. The van der Waals surface area contributed by atoms with Gasteiger partial charge in [-0.3, -0.25) is 0 Å². The minimum atomic E-state index is -2.73. The normalized spacial score (nSPS) is 14.2. The molecule has 2 heterocycles. The van der Waals surface area contributed by atoms with E-state index in [2.05, 4.69) is 31.1 Å². The summed E-state index contributed by atoms with van der Waals surface area (Å²) in [5, 5.41) is 13.1. The molecule has 1 saturated heterocycles. The molecular weight excluding hydrogens is 564 g/mol. The van der Waals surface area contributed by atoms with Crippen LogP contribution in [-0.4, -0.2) is 74.1 Å². The number of rotatable bonds is 18. The van der Waals surface area contributed by atoms with Crippen LogP contribution in [0.5, 0.6) is 0 Å². The van der Waals surface area contributed by atoms with Crippen LogP contribution >= 0.6 is 11.6 Å². The molecule has 1 aliphatic rings. The molecule has 10 heteroatoms. The summed E-state index contributed by atoms with van der Waals surface area (Å²) >= 11 is 5.94. The number of nitrogens with zero attached hydrogens (tertiary/aromatic N) is 2. The van der Waals surface area contributed by atoms with Gasteiger partial charge in [-0.1, -0.05) is 75.6 Å². The molecule has 7 nitrogen and oxygen atoms in total. The van der Waals surface area contributed by atoms with E-state index in [-0.39, 0.29) is 11.2 Å². The average Bonchev–Trinajstić information content (AvgIpc) is 2.93. The van der Waals surface area contributed by atoms with Crippen molar-refractivity contribution in [3.8, 4) is 11.3 Å². The zero-order chi connectivity index (χ0) is 31.0. The third-order valence-electron chi connectivity index (χ3n) is 6.90. The number of anilines is 1. The highest BCUT2D eigenvalue weighted by atomic mass is 35.5. The number of ether oxygens (including phenoxy) is 2. The highest BCUT2D eigenvalue weighted by Crippen LogP contribution is 2.37. The largest absolute Gasteiger partial charge is 0.477 e. The predicted octanol–water partition coefficient (Wildman–Crippen LogP) is 7.71. The van der Waals surface area contributed by atoms with Crippen LogP contribution in [0.3, 0.4) is 0 Å². The zero-order valence-corrected chi connectivity index (χ0v) is 26.3. The van der Waals surface area contributed by atoms with Crippen molar-refractivity contribution in [1.29, 1.82) is 0 Å². The summed E-state index contributed by atoms with van der Waals surface area (Å²) in [6.07, 6.45) is 11.0. The second kappa shape index (κ2) is 18.4. The van der Waals surface area contributed by atoms with Gasteiger partial charge in [0.2, 0.25) is 0 Å². The molecule has 0 bridgehead atoms. The smallest absolute Gasteiger partial charge is 0.354 e. The van der Waals surface area contributed by atoms with Crippen molar-refractivity contribution in [3.63, 3.8) is 0 Å². The maximum absolute atomic E-state index is 13.1. The topological polar surface area (TPSA) is 83.9 Å². The van der Waals surface area contributed by atoms with Gasteiger partial charge in [0.1, 0.15) is 5.69 Å². The predicted molar refractivity (Wildman–Crippen MR) is 166 cm³/mol. The second-order valence-electron chi connectivity index (χ2n) is 11.4. The molecule has 2 aromatic rings. The van der Waals surface area contributed by atoms with Crippen LogP contribution in [0.25, 0.3) is 11.3 Å². The first-order valence-electron chi connectivity index (χ1n) is 14.9. The SMILES string of the molecule is CCCCCCCCCCNC(C)(C)COCCOC.O=C(O)c1ccc(N2CC(F)(F)C2)c(-c2cccc(Cl)c2)n1. The minimum Gasteiger partial charge on any atom is -0.477 e. The molecule has 236 valence electrons. The fraction of sp³-hybridized carbons (Fsp3) is 0.625. The molecule has 2 N–H and O–H groups in total. The Morgan fingerprint density at radius 2 is 1.74 bits per heavy atom. The number of carbonyl (C=O) groups is 1. The maximum Gasteiger partial charge on any atom is 0.354 e. The van der Waals surface area contributed by atoms with E-state index in [4.69, 9.17) is 26.2 Å². The number of carboxylic acids is 1. The number of carboxylic acid groups (broad SMARTS) is 1. The molecule has 42 heavy (non-hydrogen) atoms. The lowest BCUT2D eigenvalue weighted by Crippen LogP contribution is -2.56. The van der Waals surface area contributed by atoms with Gasteiger partial charge < -0.3 is 24.8 Å². The molecule has 0 spiro atoms. The molecule has 1 aromatic carbocycles. The van der Waals surface area contributed by atoms with E-state index < -0.39 is 25.0 Å². The first-order chi connectivity index (χ1) is 20.0. The molecule has 0 unspecified atom stereocenters. The highest BCUT2D eigenvalue weighted by molar-refractivity contribution is 6.30. The lowest BCUT2D eigenvalue weighted by Gasteiger charge is -2.41. The molecular formula is C32H48ClF2N3O4. The fourth-order valence-corrected chi connectivity index (χ4v) is 4.75. The van der Waals surface area contributed by atoms with Gasteiger partial charge in [0, 0.05) is 23.2 Å². The van der Waals surface area contributed by atoms with Gasteiger partial charge >= 0.3 is 5.97 Å². The molecule has 1 aliphatic heterocycles. The van der Waals surface area contributed by atoms with Crippen molar-refractivity contribution in [2.75, 3.05) is 51.5 Å². The summed E-state index contributed by atoms with van der Waals surface area (Å²) in [5.41, 5.74) is 1.30. The van der Waals surface area contributed by atoms with Gasteiger partial charge in [0.15, 0.2) is 0 Å². The van der Waals surface area contributed by atoms with E-state index >= 15 is 0 Å². The zero-order valence-electron chi connectivity index (χ0n) is 25.6. The number of hydrogen-bond donors (Lipinski definition) is 2. The van der Waals surface area contributed by atoms with Crippen LogP contribution in [0.4, 0.5) is 14.5 Å². The van der Waals surface area contributed by atoms with E-state index in [1.807, 2.05) is 0 Å². The highest BCUT2D eigenvalue weighted by Gasteiger charge is 2.44. The Hall–Kier alpha value is -2.33. The monoisotopic (exact) mass is 611 g/mol. The molecule has 1 fully saturated rings. The van der Waals surface area contributed by atoms with Gasteiger partial charge in [0.25, 0.3) is 5.92 Å². The Balaban J connectivity index is 0.000000296. The van der Waals surface area contributed by atoms with Gasteiger partial charge in [-0.15, -0.1) is 0 Å². The first-order valence-corrected chi connectivity index (χ1v) is 15.3. The number of halogens is 3. The van der Waals surface area contributed by atoms with Crippen molar-refractivity contribution in [2.24, 2.45) is 0 Å². The van der Waals surface area contributed by atoms with Crippen molar-refractivity contribution < 1.29 is 28.2 Å². The molecule has 0 saturated carbocycles. The van der Waals surface area contributed by atoms with E-state index in [0.717, 1.165) is 13.2 Å². The summed E-state index contributed by atoms with van der Waals surface area (Å²) in [7, 11) is 1.70. The van der Waals surface area contributed by atoms with Crippen LogP contribution in [0.15, 0.2) is 36.4 Å². The number of aromatic carboxylic acids is 1. The van der Waals surface area contributed by atoms with E-state index in [1.165, 1.54) is 68.4 Å². The van der Waals surface area contributed by atoms with Crippen molar-refractivity contribution in [1.82, 2.24) is 10.3 Å². The van der Waals surface area contributed by atoms with Gasteiger partial charge in [-0.2, -0.15) is 0 Å². The molecule has 1 aromatic heterocycles. The van der Waals surface area contributed by atoms with Crippen LogP contribution in [0.1, 0.15) is 82.6 Å². The Morgan fingerprint density at radius 1 is 1.07 bits per heavy atom. The van der Waals surface area contributed by atoms with Gasteiger partial charge in [-0.25, -0.2) is 18.6 Å². The van der Waals surface area contributed by atoms with Crippen molar-refractivity contribution in [3.05, 3.63) is 47.1 Å². The Labute approximate surface area is 254 Å². The molecule has 0 atom stereocenters. The van der Waals surface area contributed by atoms with Gasteiger partial charge in [-0.05, 0) is 51.1 Å². The summed E-state index contributed by atoms with van der Waals surface area (Å²) in [5.74, 6) is -3.90. The molecule has 0 radical (unpaired) electrons. The third kappa shape index (κ3) is 13.3. The Morgan fingerprint density at radius 3 is 2.33 bits per heavy atom.